The van der Waals surface area contributed by atoms with E-state index in [1.165, 1.54) is 7.11 Å². The summed E-state index contributed by atoms with van der Waals surface area (Å²) in [6, 6.07) is 0. The van der Waals surface area contributed by atoms with Crippen molar-refractivity contribution in [2.24, 2.45) is 0 Å². The normalized spacial score (nSPS) is 18.1. The van der Waals surface area contributed by atoms with E-state index in [1.807, 2.05) is 0 Å². The summed E-state index contributed by atoms with van der Waals surface area (Å²) in [5.41, 5.74) is 0. The minimum Gasteiger partial charge on any atom is -0.467 e. The number of carbonyl (C=O) groups excluding carboxylic acids is 2. The molecule has 3 N–H and O–H groups in total. The Labute approximate surface area is 111 Å². The number of carbonyl (C=O) groups is 2. The molecule has 1 unspecified atom stereocenters. The summed E-state index contributed by atoms with van der Waals surface area (Å²) in [4.78, 5) is 22.4. The van der Waals surface area contributed by atoms with Crippen molar-refractivity contribution in [1.82, 2.24) is 10.6 Å². The third-order valence-electron chi connectivity index (χ3n) is 2.70. The monoisotopic (exact) mass is 276 g/mol. The minimum absolute atomic E-state index is 0.0989. The lowest BCUT2D eigenvalue weighted by Gasteiger charge is -2.21. The fourth-order valence-electron chi connectivity index (χ4n) is 1.64. The van der Waals surface area contributed by atoms with Crippen molar-refractivity contribution >= 4 is 23.6 Å². The second-order valence-electron chi connectivity index (χ2n) is 4.10. The molecule has 1 aliphatic heterocycles. The van der Waals surface area contributed by atoms with Gasteiger partial charge in [0.2, 0.25) is 5.91 Å². The van der Waals surface area contributed by atoms with Gasteiger partial charge in [-0.25, -0.2) is 4.79 Å². The first-order valence-electron chi connectivity index (χ1n) is 5.98. The Bertz CT molecular complexity index is 282. The van der Waals surface area contributed by atoms with Crippen LogP contribution in [0.3, 0.4) is 0 Å². The first kappa shape index (κ1) is 15.3. The fraction of sp³-hybridized carbons (Fsp3) is 0.818. The standard InChI is InChI=1S/C11H20N2O4S/c1-17-11(16)9(14)6-13-10(15)7-18-8-2-4-12-5-3-8/h8-9,12,14H,2-7H2,1H3,(H,13,15). The van der Waals surface area contributed by atoms with E-state index in [0.29, 0.717) is 11.0 Å². The van der Waals surface area contributed by atoms with Crippen molar-refractivity contribution in [3.63, 3.8) is 0 Å². The number of aliphatic hydroxyl groups is 1. The largest absolute Gasteiger partial charge is 0.467 e. The van der Waals surface area contributed by atoms with Crippen LogP contribution in [0.5, 0.6) is 0 Å². The quantitative estimate of drug-likeness (QED) is 0.546. The zero-order chi connectivity index (χ0) is 13.4. The van der Waals surface area contributed by atoms with Gasteiger partial charge in [0.05, 0.1) is 19.4 Å². The van der Waals surface area contributed by atoms with Gasteiger partial charge in [0, 0.05) is 5.25 Å². The molecular weight excluding hydrogens is 256 g/mol. The smallest absolute Gasteiger partial charge is 0.336 e. The van der Waals surface area contributed by atoms with Crippen LogP contribution in [0.15, 0.2) is 0 Å². The van der Waals surface area contributed by atoms with Crippen LogP contribution in [0.2, 0.25) is 0 Å². The Morgan fingerprint density at radius 3 is 2.78 bits per heavy atom. The number of hydrogen-bond acceptors (Lipinski definition) is 6. The predicted octanol–water partition coefficient (Wildman–Crippen LogP) is -0.878. The zero-order valence-corrected chi connectivity index (χ0v) is 11.3. The number of thioether (sulfide) groups is 1. The molecule has 0 aromatic carbocycles. The van der Waals surface area contributed by atoms with Crippen LogP contribution in [0.1, 0.15) is 12.8 Å². The topological polar surface area (TPSA) is 87.7 Å². The summed E-state index contributed by atoms with van der Waals surface area (Å²) in [5.74, 6) is -0.541. The van der Waals surface area contributed by atoms with E-state index in [4.69, 9.17) is 0 Å². The van der Waals surface area contributed by atoms with Gasteiger partial charge < -0.3 is 20.5 Å². The Hall–Kier alpha value is -0.790. The van der Waals surface area contributed by atoms with Crippen LogP contribution in [-0.4, -0.2) is 60.8 Å². The van der Waals surface area contributed by atoms with Crippen molar-refractivity contribution in [3.8, 4) is 0 Å². The van der Waals surface area contributed by atoms with Crippen LogP contribution in [0, 0.1) is 0 Å². The number of amides is 1. The molecule has 1 heterocycles. The lowest BCUT2D eigenvalue weighted by atomic mass is 10.2. The van der Waals surface area contributed by atoms with Crippen molar-refractivity contribution in [2.45, 2.75) is 24.2 Å². The maximum atomic E-state index is 11.5. The second-order valence-corrected chi connectivity index (χ2v) is 5.39. The average Bonchev–Trinajstić information content (AvgIpc) is 2.42. The molecule has 104 valence electrons. The summed E-state index contributed by atoms with van der Waals surface area (Å²) < 4.78 is 4.35. The van der Waals surface area contributed by atoms with Crippen molar-refractivity contribution < 1.29 is 19.4 Å². The number of esters is 1. The van der Waals surface area contributed by atoms with Gasteiger partial charge >= 0.3 is 5.97 Å². The van der Waals surface area contributed by atoms with Gasteiger partial charge in [-0.1, -0.05) is 0 Å². The van der Waals surface area contributed by atoms with Gasteiger partial charge in [0.25, 0.3) is 0 Å². The molecule has 1 fully saturated rings. The number of rotatable bonds is 6. The van der Waals surface area contributed by atoms with Gasteiger partial charge in [0.1, 0.15) is 0 Å². The minimum atomic E-state index is -1.29. The molecule has 0 radical (unpaired) electrons. The van der Waals surface area contributed by atoms with Crippen LogP contribution in [-0.2, 0) is 14.3 Å². The van der Waals surface area contributed by atoms with E-state index in [2.05, 4.69) is 15.4 Å². The number of methoxy groups -OCH3 is 1. The lowest BCUT2D eigenvalue weighted by molar-refractivity contribution is -0.150. The third kappa shape index (κ3) is 5.70. The predicted molar refractivity (Wildman–Crippen MR) is 69.4 cm³/mol. The van der Waals surface area contributed by atoms with Gasteiger partial charge in [-0.3, -0.25) is 4.79 Å². The van der Waals surface area contributed by atoms with Crippen molar-refractivity contribution in [2.75, 3.05) is 32.5 Å². The zero-order valence-electron chi connectivity index (χ0n) is 10.5. The Morgan fingerprint density at radius 1 is 1.50 bits per heavy atom. The Balaban J connectivity index is 2.11. The molecule has 0 spiro atoms. The summed E-state index contributed by atoms with van der Waals surface area (Å²) in [5, 5.41) is 15.6. The van der Waals surface area contributed by atoms with E-state index >= 15 is 0 Å². The first-order valence-corrected chi connectivity index (χ1v) is 7.03. The number of nitrogens with one attached hydrogen (secondary N) is 2. The second kappa shape index (κ2) is 8.34. The van der Waals surface area contributed by atoms with E-state index in [1.54, 1.807) is 11.8 Å². The highest BCUT2D eigenvalue weighted by Gasteiger charge is 2.18. The molecule has 0 aromatic heterocycles. The summed E-state index contributed by atoms with van der Waals surface area (Å²) >= 11 is 1.62. The molecular formula is C11H20N2O4S. The average molecular weight is 276 g/mol. The maximum Gasteiger partial charge on any atom is 0.336 e. The summed E-state index contributed by atoms with van der Waals surface area (Å²) in [6.07, 6.45) is 0.855. The van der Waals surface area contributed by atoms with Crippen LogP contribution < -0.4 is 10.6 Å². The van der Waals surface area contributed by atoms with Crippen molar-refractivity contribution in [3.05, 3.63) is 0 Å². The molecule has 1 aliphatic rings. The molecule has 7 heteroatoms. The molecule has 1 amide bonds. The summed E-state index contributed by atoms with van der Waals surface area (Å²) in [6.45, 7) is 1.90. The molecule has 1 saturated heterocycles. The molecule has 0 aliphatic carbocycles. The first-order chi connectivity index (χ1) is 8.63. The molecule has 6 nitrogen and oxygen atoms in total. The van der Waals surface area contributed by atoms with Crippen molar-refractivity contribution in [1.29, 1.82) is 0 Å². The molecule has 1 atom stereocenters. The SMILES string of the molecule is COC(=O)C(O)CNC(=O)CSC1CCNCC1. The van der Waals surface area contributed by atoms with Gasteiger partial charge in [-0.2, -0.15) is 0 Å². The Kier molecular flexibility index (Phi) is 7.07. The van der Waals surface area contributed by atoms with Crippen LogP contribution in [0.4, 0.5) is 0 Å². The van der Waals surface area contributed by atoms with E-state index in [9.17, 15) is 14.7 Å². The number of ether oxygens (including phenoxy) is 1. The molecule has 0 bridgehead atoms. The molecule has 1 rings (SSSR count). The lowest BCUT2D eigenvalue weighted by Crippen LogP contribution is -2.38. The van der Waals surface area contributed by atoms with Crippen LogP contribution >= 0.6 is 11.8 Å². The fourth-order valence-corrected chi connectivity index (χ4v) is 2.69. The molecule has 18 heavy (non-hydrogen) atoms. The van der Waals surface area contributed by atoms with E-state index in [0.717, 1.165) is 25.9 Å². The third-order valence-corrected chi connectivity index (χ3v) is 4.07. The highest BCUT2D eigenvalue weighted by atomic mass is 32.2. The van der Waals surface area contributed by atoms with E-state index in [-0.39, 0.29) is 12.5 Å². The van der Waals surface area contributed by atoms with Gasteiger partial charge in [-0.15, -0.1) is 11.8 Å². The van der Waals surface area contributed by atoms with E-state index < -0.39 is 12.1 Å². The molecule has 0 saturated carbocycles. The van der Waals surface area contributed by atoms with Crippen LogP contribution in [0.25, 0.3) is 0 Å². The number of hydrogen-bond donors (Lipinski definition) is 3. The molecule has 0 aromatic rings. The maximum absolute atomic E-state index is 11.5. The van der Waals surface area contributed by atoms with Gasteiger partial charge in [0.15, 0.2) is 6.10 Å². The highest BCUT2D eigenvalue weighted by Crippen LogP contribution is 2.19. The number of piperidine rings is 1. The highest BCUT2D eigenvalue weighted by molar-refractivity contribution is 8.00. The number of aliphatic hydroxyl groups excluding tert-OH is 1. The van der Waals surface area contributed by atoms with Gasteiger partial charge in [-0.05, 0) is 25.9 Å². The Morgan fingerprint density at radius 2 is 2.17 bits per heavy atom. The summed E-state index contributed by atoms with van der Waals surface area (Å²) in [7, 11) is 1.19.